The van der Waals surface area contributed by atoms with Crippen LogP contribution in [0.15, 0.2) is 59.7 Å². The van der Waals surface area contributed by atoms with Crippen molar-refractivity contribution in [3.05, 3.63) is 75.9 Å². The van der Waals surface area contributed by atoms with Gasteiger partial charge in [-0.25, -0.2) is 4.98 Å². The van der Waals surface area contributed by atoms with Gasteiger partial charge in [-0.2, -0.15) is 0 Å². The second-order valence-corrected chi connectivity index (χ2v) is 4.71. The van der Waals surface area contributed by atoms with E-state index in [9.17, 15) is 4.79 Å². The molecule has 0 aliphatic rings. The highest BCUT2D eigenvalue weighted by Gasteiger charge is 2.03. The average molecular weight is 271 g/mol. The molecule has 0 bridgehead atoms. The average Bonchev–Trinajstić information content (AvgIpc) is 2.45. The Morgan fingerprint density at radius 2 is 1.95 bits per heavy atom. The van der Waals surface area contributed by atoms with Crippen LogP contribution in [0.2, 0.25) is 5.15 Å². The van der Waals surface area contributed by atoms with E-state index in [-0.39, 0.29) is 5.56 Å². The molecule has 0 unspecified atom stereocenters. The van der Waals surface area contributed by atoms with Crippen molar-refractivity contribution in [2.24, 2.45) is 0 Å². The first-order valence-electron chi connectivity index (χ1n) is 5.93. The van der Waals surface area contributed by atoms with E-state index < -0.39 is 0 Å². The Morgan fingerprint density at radius 1 is 1.11 bits per heavy atom. The molecule has 19 heavy (non-hydrogen) atoms. The summed E-state index contributed by atoms with van der Waals surface area (Å²) in [5, 5.41) is 2.14. The number of halogens is 1. The van der Waals surface area contributed by atoms with Crippen molar-refractivity contribution >= 4 is 22.4 Å². The van der Waals surface area contributed by atoms with E-state index >= 15 is 0 Å². The Hall–Kier alpha value is -2.13. The third kappa shape index (κ3) is 2.37. The molecule has 0 atom stereocenters. The smallest absolute Gasteiger partial charge is 0.258 e. The summed E-state index contributed by atoms with van der Waals surface area (Å²) in [5.74, 6) is 0. The van der Waals surface area contributed by atoms with E-state index in [1.807, 2.05) is 36.4 Å². The lowest BCUT2D eigenvalue weighted by Crippen LogP contribution is -2.19. The van der Waals surface area contributed by atoms with Crippen LogP contribution in [-0.2, 0) is 6.54 Å². The summed E-state index contributed by atoms with van der Waals surface area (Å²) >= 11 is 5.74. The molecular formula is C15H11ClN2O. The summed E-state index contributed by atoms with van der Waals surface area (Å²) in [4.78, 5) is 16.3. The number of hydrogen-bond acceptors (Lipinski definition) is 2. The monoisotopic (exact) mass is 270 g/mol. The highest BCUT2D eigenvalue weighted by atomic mass is 35.5. The molecule has 0 fully saturated rings. The minimum atomic E-state index is 0.00745. The standard InChI is InChI=1S/C15H11ClN2O/c16-14-6-5-11(9-17-14)10-18-8-7-12-3-1-2-4-13(12)15(18)19/h1-9H,10H2. The summed E-state index contributed by atoms with van der Waals surface area (Å²) < 4.78 is 1.67. The normalized spacial score (nSPS) is 10.8. The first kappa shape index (κ1) is 11.9. The maximum atomic E-state index is 12.3. The van der Waals surface area contributed by atoms with E-state index in [4.69, 9.17) is 11.6 Å². The minimum absolute atomic E-state index is 0.00745. The van der Waals surface area contributed by atoms with Crippen molar-refractivity contribution in [2.75, 3.05) is 0 Å². The third-order valence-corrected chi connectivity index (χ3v) is 3.25. The van der Waals surface area contributed by atoms with Gasteiger partial charge in [-0.15, -0.1) is 0 Å². The third-order valence-electron chi connectivity index (χ3n) is 3.03. The van der Waals surface area contributed by atoms with E-state index in [0.717, 1.165) is 16.3 Å². The predicted molar refractivity (Wildman–Crippen MR) is 76.6 cm³/mol. The van der Waals surface area contributed by atoms with Crippen LogP contribution in [0.1, 0.15) is 5.56 Å². The number of rotatable bonds is 2. The molecule has 3 aromatic rings. The largest absolute Gasteiger partial charge is 0.311 e. The van der Waals surface area contributed by atoms with E-state index in [2.05, 4.69) is 4.98 Å². The minimum Gasteiger partial charge on any atom is -0.311 e. The Kier molecular flexibility index (Phi) is 3.05. The van der Waals surface area contributed by atoms with Crippen LogP contribution in [0.4, 0.5) is 0 Å². The zero-order chi connectivity index (χ0) is 13.2. The Balaban J connectivity index is 2.04. The van der Waals surface area contributed by atoms with Gasteiger partial charge in [0.15, 0.2) is 0 Å². The van der Waals surface area contributed by atoms with Crippen LogP contribution < -0.4 is 5.56 Å². The van der Waals surface area contributed by atoms with Crippen LogP contribution >= 0.6 is 11.6 Å². The van der Waals surface area contributed by atoms with Crippen molar-refractivity contribution in [2.45, 2.75) is 6.54 Å². The van der Waals surface area contributed by atoms with Crippen LogP contribution in [-0.4, -0.2) is 9.55 Å². The Labute approximate surface area is 115 Å². The number of benzene rings is 1. The fourth-order valence-electron chi connectivity index (χ4n) is 2.05. The SMILES string of the molecule is O=c1c2ccccc2ccn1Cc1ccc(Cl)nc1. The molecular weight excluding hydrogens is 260 g/mol. The summed E-state index contributed by atoms with van der Waals surface area (Å²) in [7, 11) is 0. The molecule has 0 saturated heterocycles. The topological polar surface area (TPSA) is 34.9 Å². The molecule has 0 amide bonds. The summed E-state index contributed by atoms with van der Waals surface area (Å²) in [5.41, 5.74) is 0.954. The van der Waals surface area contributed by atoms with E-state index in [0.29, 0.717) is 11.7 Å². The Morgan fingerprint density at radius 3 is 2.74 bits per heavy atom. The highest BCUT2D eigenvalue weighted by molar-refractivity contribution is 6.29. The van der Waals surface area contributed by atoms with Gasteiger partial charge in [0.25, 0.3) is 5.56 Å². The molecule has 4 heteroatoms. The zero-order valence-electron chi connectivity index (χ0n) is 10.1. The number of aromatic nitrogens is 2. The van der Waals surface area contributed by atoms with Crippen LogP contribution in [0.3, 0.4) is 0 Å². The van der Waals surface area contributed by atoms with Gasteiger partial charge in [-0.05, 0) is 29.1 Å². The lowest BCUT2D eigenvalue weighted by atomic mass is 10.2. The first-order chi connectivity index (χ1) is 9.24. The number of pyridine rings is 2. The summed E-state index contributed by atoms with van der Waals surface area (Å²) in [6, 6.07) is 13.1. The molecule has 3 rings (SSSR count). The maximum Gasteiger partial charge on any atom is 0.258 e. The molecule has 94 valence electrons. The first-order valence-corrected chi connectivity index (χ1v) is 6.30. The molecule has 2 aromatic heterocycles. The maximum absolute atomic E-state index is 12.3. The van der Waals surface area contributed by atoms with Gasteiger partial charge in [0.2, 0.25) is 0 Å². The molecule has 0 spiro atoms. The predicted octanol–water partition coefficient (Wildman–Crippen LogP) is 3.10. The molecule has 0 N–H and O–H groups in total. The highest BCUT2D eigenvalue weighted by Crippen LogP contribution is 2.10. The van der Waals surface area contributed by atoms with Gasteiger partial charge in [-0.3, -0.25) is 4.79 Å². The summed E-state index contributed by atoms with van der Waals surface area (Å²) in [6.45, 7) is 0.494. The van der Waals surface area contributed by atoms with Gasteiger partial charge in [-0.1, -0.05) is 35.9 Å². The van der Waals surface area contributed by atoms with Crippen LogP contribution in [0.5, 0.6) is 0 Å². The van der Waals surface area contributed by atoms with Gasteiger partial charge in [0, 0.05) is 17.8 Å². The lowest BCUT2D eigenvalue weighted by Gasteiger charge is -2.07. The van der Waals surface area contributed by atoms with Crippen molar-refractivity contribution < 1.29 is 0 Å². The fourth-order valence-corrected chi connectivity index (χ4v) is 2.16. The lowest BCUT2D eigenvalue weighted by molar-refractivity contribution is 0.765. The number of nitrogens with zero attached hydrogens (tertiary/aromatic N) is 2. The molecule has 0 saturated carbocycles. The number of fused-ring (bicyclic) bond motifs is 1. The molecule has 0 aliphatic heterocycles. The quantitative estimate of drug-likeness (QED) is 0.671. The molecule has 0 aliphatic carbocycles. The number of hydrogen-bond donors (Lipinski definition) is 0. The van der Waals surface area contributed by atoms with Crippen LogP contribution in [0.25, 0.3) is 10.8 Å². The second kappa shape index (κ2) is 4.86. The van der Waals surface area contributed by atoms with Gasteiger partial charge >= 0.3 is 0 Å². The second-order valence-electron chi connectivity index (χ2n) is 4.33. The zero-order valence-corrected chi connectivity index (χ0v) is 10.8. The van der Waals surface area contributed by atoms with Crippen molar-refractivity contribution in [1.29, 1.82) is 0 Å². The molecule has 1 aromatic carbocycles. The molecule has 0 radical (unpaired) electrons. The van der Waals surface area contributed by atoms with Gasteiger partial charge in [0.1, 0.15) is 5.15 Å². The van der Waals surface area contributed by atoms with Crippen molar-refractivity contribution in [3.63, 3.8) is 0 Å². The van der Waals surface area contributed by atoms with E-state index in [1.165, 1.54) is 0 Å². The molecule has 3 nitrogen and oxygen atoms in total. The van der Waals surface area contributed by atoms with Gasteiger partial charge < -0.3 is 4.57 Å². The summed E-state index contributed by atoms with van der Waals surface area (Å²) in [6.07, 6.45) is 3.49. The fraction of sp³-hybridized carbons (Fsp3) is 0.0667. The van der Waals surface area contributed by atoms with Crippen molar-refractivity contribution in [3.8, 4) is 0 Å². The van der Waals surface area contributed by atoms with E-state index in [1.54, 1.807) is 23.0 Å². The van der Waals surface area contributed by atoms with Crippen LogP contribution in [0, 0.1) is 0 Å². The molecule has 2 heterocycles. The Bertz CT molecular complexity index is 778. The van der Waals surface area contributed by atoms with Crippen molar-refractivity contribution in [1.82, 2.24) is 9.55 Å². The van der Waals surface area contributed by atoms with Gasteiger partial charge in [0.05, 0.1) is 6.54 Å².